The van der Waals surface area contributed by atoms with Crippen molar-refractivity contribution in [2.24, 2.45) is 4.99 Å². The van der Waals surface area contributed by atoms with Gasteiger partial charge in [-0.25, -0.2) is 9.79 Å². The number of amides is 1. The van der Waals surface area contributed by atoms with Gasteiger partial charge in [0, 0.05) is 32.6 Å². The summed E-state index contributed by atoms with van der Waals surface area (Å²) in [4.78, 5) is 19.0. The highest BCUT2D eigenvalue weighted by Gasteiger charge is 2.28. The van der Waals surface area contributed by atoms with E-state index in [1.165, 1.54) is 12.8 Å². The number of alkyl carbamates (subject to hydrolysis) is 1. The lowest BCUT2D eigenvalue weighted by atomic mass is 10.2. The van der Waals surface area contributed by atoms with E-state index >= 15 is 0 Å². The van der Waals surface area contributed by atoms with Gasteiger partial charge in [-0.1, -0.05) is 0 Å². The predicted octanol–water partition coefficient (Wildman–Crippen LogP) is 2.30. The van der Waals surface area contributed by atoms with Gasteiger partial charge in [0.15, 0.2) is 11.8 Å². The Morgan fingerprint density at radius 2 is 2.07 bits per heavy atom. The minimum atomic E-state index is -0.490. The van der Waals surface area contributed by atoms with Crippen molar-refractivity contribution in [2.75, 3.05) is 19.6 Å². The first-order valence-corrected chi connectivity index (χ1v) is 10.3. The van der Waals surface area contributed by atoms with E-state index in [1.807, 2.05) is 20.8 Å². The van der Waals surface area contributed by atoms with Gasteiger partial charge in [0.2, 0.25) is 0 Å². The number of nitrogens with one attached hydrogen (secondary N) is 2. The molecule has 0 saturated carbocycles. The second-order valence-electron chi connectivity index (χ2n) is 8.39. The number of aliphatic imine (C=N–C) groups is 1. The van der Waals surface area contributed by atoms with Gasteiger partial charge in [-0.15, -0.1) is 34.2 Å². The van der Waals surface area contributed by atoms with E-state index in [4.69, 9.17) is 9.73 Å². The molecule has 3 rings (SSSR count). The first kappa shape index (κ1) is 23.7. The highest BCUT2D eigenvalue weighted by Crippen LogP contribution is 2.16. The summed E-state index contributed by atoms with van der Waals surface area (Å²) in [6.07, 6.45) is 3.86. The molecule has 164 valence electrons. The van der Waals surface area contributed by atoms with Crippen molar-refractivity contribution >= 4 is 36.0 Å². The van der Waals surface area contributed by atoms with Crippen molar-refractivity contribution in [1.82, 2.24) is 30.3 Å². The number of halogens is 1. The lowest BCUT2D eigenvalue weighted by Crippen LogP contribution is -2.44. The van der Waals surface area contributed by atoms with Crippen molar-refractivity contribution in [3.63, 3.8) is 0 Å². The Hall–Kier alpha value is -1.59. The molecule has 10 heteroatoms. The third-order valence-corrected chi connectivity index (χ3v) is 4.85. The van der Waals surface area contributed by atoms with E-state index < -0.39 is 5.60 Å². The predicted molar refractivity (Wildman–Crippen MR) is 123 cm³/mol. The molecule has 1 atom stereocenters. The van der Waals surface area contributed by atoms with Gasteiger partial charge in [0.25, 0.3) is 0 Å². The number of ether oxygens (including phenoxy) is 1. The average molecular weight is 519 g/mol. The number of carbonyl (C=O) groups is 1. The molecule has 2 aliphatic heterocycles. The number of likely N-dealkylation sites (tertiary alicyclic amines) is 1. The molecule has 2 aliphatic rings. The van der Waals surface area contributed by atoms with E-state index in [1.54, 1.807) is 0 Å². The van der Waals surface area contributed by atoms with E-state index in [0.29, 0.717) is 13.1 Å². The Labute approximate surface area is 190 Å². The van der Waals surface area contributed by atoms with Crippen LogP contribution in [0, 0.1) is 0 Å². The number of hydrogen-bond acceptors (Lipinski definition) is 5. The van der Waals surface area contributed by atoms with E-state index in [0.717, 1.165) is 50.1 Å². The Morgan fingerprint density at radius 1 is 1.28 bits per heavy atom. The normalized spacial score (nSPS) is 19.4. The first-order chi connectivity index (χ1) is 13.4. The molecule has 0 aliphatic carbocycles. The van der Waals surface area contributed by atoms with Crippen LogP contribution in [0.15, 0.2) is 4.99 Å². The topological polar surface area (TPSA) is 96.7 Å². The molecule has 1 unspecified atom stereocenters. The second-order valence-corrected chi connectivity index (χ2v) is 8.39. The average Bonchev–Trinajstić information content (AvgIpc) is 3.24. The first-order valence-electron chi connectivity index (χ1n) is 10.3. The van der Waals surface area contributed by atoms with Crippen LogP contribution in [0.5, 0.6) is 0 Å². The maximum atomic E-state index is 12.0. The SMILES string of the molecule is CCNC(=NCc1nnc2n1CCCC2)N1CCC(NC(=O)OC(C)(C)C)C1.I. The molecule has 29 heavy (non-hydrogen) atoms. The zero-order chi connectivity index (χ0) is 20.1. The summed E-state index contributed by atoms with van der Waals surface area (Å²) in [5.41, 5.74) is -0.490. The summed E-state index contributed by atoms with van der Waals surface area (Å²) in [5, 5.41) is 14.9. The molecule has 1 amide bonds. The number of aromatic nitrogens is 3. The smallest absolute Gasteiger partial charge is 0.407 e. The maximum Gasteiger partial charge on any atom is 0.407 e. The fourth-order valence-electron chi connectivity index (χ4n) is 3.60. The second kappa shape index (κ2) is 10.4. The van der Waals surface area contributed by atoms with Crippen LogP contribution in [-0.4, -0.2) is 63.0 Å². The number of hydrogen-bond donors (Lipinski definition) is 2. The molecule has 0 bridgehead atoms. The molecule has 1 aromatic rings. The zero-order valence-corrected chi connectivity index (χ0v) is 20.2. The molecule has 1 aromatic heterocycles. The monoisotopic (exact) mass is 519 g/mol. The minimum Gasteiger partial charge on any atom is -0.444 e. The molecular weight excluding hydrogens is 485 g/mol. The lowest BCUT2D eigenvalue weighted by molar-refractivity contribution is 0.0507. The van der Waals surface area contributed by atoms with Gasteiger partial charge < -0.3 is 24.8 Å². The van der Waals surface area contributed by atoms with Gasteiger partial charge in [-0.2, -0.15) is 0 Å². The van der Waals surface area contributed by atoms with Gasteiger partial charge in [-0.05, 0) is 47.0 Å². The van der Waals surface area contributed by atoms with Gasteiger partial charge in [0.1, 0.15) is 18.0 Å². The molecular formula is C19H34IN7O2. The largest absolute Gasteiger partial charge is 0.444 e. The number of aryl methyl sites for hydroxylation is 1. The van der Waals surface area contributed by atoms with Crippen molar-refractivity contribution in [3.8, 4) is 0 Å². The number of fused-ring (bicyclic) bond motifs is 1. The summed E-state index contributed by atoms with van der Waals surface area (Å²) >= 11 is 0. The number of nitrogens with zero attached hydrogens (tertiary/aromatic N) is 5. The molecule has 2 N–H and O–H groups in total. The third kappa shape index (κ3) is 6.71. The highest BCUT2D eigenvalue weighted by atomic mass is 127. The molecule has 3 heterocycles. The summed E-state index contributed by atoms with van der Waals surface area (Å²) in [7, 11) is 0. The van der Waals surface area contributed by atoms with E-state index in [-0.39, 0.29) is 36.1 Å². The molecule has 9 nitrogen and oxygen atoms in total. The summed E-state index contributed by atoms with van der Waals surface area (Å²) in [5.74, 6) is 2.85. The quantitative estimate of drug-likeness (QED) is 0.360. The van der Waals surface area contributed by atoms with Gasteiger partial charge in [0.05, 0.1) is 6.04 Å². The van der Waals surface area contributed by atoms with Crippen molar-refractivity contribution in [2.45, 2.75) is 78.1 Å². The fourth-order valence-corrected chi connectivity index (χ4v) is 3.60. The summed E-state index contributed by atoms with van der Waals surface area (Å²) < 4.78 is 7.56. The minimum absolute atomic E-state index is 0. The molecule has 1 fully saturated rings. The van der Waals surface area contributed by atoms with E-state index in [2.05, 4.69) is 37.2 Å². The van der Waals surface area contributed by atoms with Crippen LogP contribution in [0.3, 0.4) is 0 Å². The van der Waals surface area contributed by atoms with Crippen LogP contribution in [0.2, 0.25) is 0 Å². The standard InChI is InChI=1S/C19H33N7O2.HI/c1-5-20-17(21-12-16-24-23-15-8-6-7-10-26(15)16)25-11-9-14(13-25)22-18(27)28-19(2,3)4;/h14H,5-13H2,1-4H3,(H,20,21)(H,22,27);1H. The Morgan fingerprint density at radius 3 is 2.79 bits per heavy atom. The fraction of sp³-hybridized carbons (Fsp3) is 0.789. The zero-order valence-electron chi connectivity index (χ0n) is 17.9. The van der Waals surface area contributed by atoms with Crippen LogP contribution in [0.25, 0.3) is 0 Å². The number of carbonyl (C=O) groups excluding carboxylic acids is 1. The summed E-state index contributed by atoms with van der Waals surface area (Å²) in [6.45, 7) is 11.5. The Balaban J connectivity index is 0.00000300. The van der Waals surface area contributed by atoms with Crippen LogP contribution >= 0.6 is 24.0 Å². The van der Waals surface area contributed by atoms with Crippen molar-refractivity contribution in [1.29, 1.82) is 0 Å². The van der Waals surface area contributed by atoms with Crippen molar-refractivity contribution in [3.05, 3.63) is 11.6 Å². The Kier molecular flexibility index (Phi) is 8.53. The lowest BCUT2D eigenvalue weighted by Gasteiger charge is -2.23. The Bertz CT molecular complexity index is 714. The molecule has 1 saturated heterocycles. The van der Waals surface area contributed by atoms with Gasteiger partial charge in [-0.3, -0.25) is 0 Å². The maximum absolute atomic E-state index is 12.0. The number of guanidine groups is 1. The van der Waals surface area contributed by atoms with Crippen LogP contribution in [0.1, 0.15) is 58.6 Å². The third-order valence-electron chi connectivity index (χ3n) is 4.85. The van der Waals surface area contributed by atoms with Crippen LogP contribution < -0.4 is 10.6 Å². The van der Waals surface area contributed by atoms with Crippen LogP contribution in [0.4, 0.5) is 4.79 Å². The molecule has 0 radical (unpaired) electrons. The van der Waals surface area contributed by atoms with Gasteiger partial charge >= 0.3 is 6.09 Å². The van der Waals surface area contributed by atoms with E-state index in [9.17, 15) is 4.79 Å². The highest BCUT2D eigenvalue weighted by molar-refractivity contribution is 14.0. The number of rotatable bonds is 4. The molecule has 0 aromatic carbocycles. The summed E-state index contributed by atoms with van der Waals surface area (Å²) in [6, 6.07) is 0.0551. The molecule has 0 spiro atoms. The van der Waals surface area contributed by atoms with Crippen LogP contribution in [-0.2, 0) is 24.2 Å². The van der Waals surface area contributed by atoms with Crippen molar-refractivity contribution < 1.29 is 9.53 Å².